The highest BCUT2D eigenvalue weighted by atomic mass is 32.1. The summed E-state index contributed by atoms with van der Waals surface area (Å²) >= 11 is 1.62. The number of rotatable bonds is 8. The highest BCUT2D eigenvalue weighted by molar-refractivity contribution is 7.10. The van der Waals surface area contributed by atoms with Crippen molar-refractivity contribution < 1.29 is 14.3 Å². The predicted molar refractivity (Wildman–Crippen MR) is 109 cm³/mol. The molecule has 1 atom stereocenters. The van der Waals surface area contributed by atoms with E-state index in [1.807, 2.05) is 61.7 Å². The van der Waals surface area contributed by atoms with Gasteiger partial charge in [-0.15, -0.1) is 11.3 Å². The van der Waals surface area contributed by atoms with Gasteiger partial charge in [0, 0.05) is 4.88 Å². The van der Waals surface area contributed by atoms with Gasteiger partial charge in [0.15, 0.2) is 18.1 Å². The monoisotopic (exact) mass is 381 g/mol. The molecule has 0 aliphatic heterocycles. The van der Waals surface area contributed by atoms with Crippen LogP contribution in [0.4, 0.5) is 0 Å². The second kappa shape index (κ2) is 9.24. The Labute approximate surface area is 163 Å². The highest BCUT2D eigenvalue weighted by Crippen LogP contribution is 2.28. The van der Waals surface area contributed by atoms with Crippen molar-refractivity contribution in [3.05, 3.63) is 82.0 Å². The van der Waals surface area contributed by atoms with Crippen molar-refractivity contribution in [1.82, 2.24) is 5.32 Å². The molecule has 2 aromatic carbocycles. The summed E-state index contributed by atoms with van der Waals surface area (Å²) in [6, 6.07) is 19.4. The number of carbonyl (C=O) groups is 1. The molecular weight excluding hydrogens is 358 g/mol. The number of hydrogen-bond acceptors (Lipinski definition) is 4. The summed E-state index contributed by atoms with van der Waals surface area (Å²) < 4.78 is 11.2. The van der Waals surface area contributed by atoms with E-state index in [1.165, 1.54) is 5.56 Å². The Morgan fingerprint density at radius 2 is 1.70 bits per heavy atom. The molecule has 1 amide bonds. The van der Waals surface area contributed by atoms with Gasteiger partial charge in [-0.3, -0.25) is 4.79 Å². The van der Waals surface area contributed by atoms with E-state index in [2.05, 4.69) is 17.4 Å². The Morgan fingerprint density at radius 3 is 2.33 bits per heavy atom. The zero-order valence-corrected chi connectivity index (χ0v) is 16.3. The van der Waals surface area contributed by atoms with E-state index in [4.69, 9.17) is 9.47 Å². The van der Waals surface area contributed by atoms with Crippen LogP contribution in [-0.4, -0.2) is 19.1 Å². The first-order chi connectivity index (χ1) is 13.2. The second-order valence-electron chi connectivity index (χ2n) is 6.10. The third-order valence-corrected chi connectivity index (χ3v) is 4.99. The van der Waals surface area contributed by atoms with E-state index >= 15 is 0 Å². The molecule has 1 aromatic heterocycles. The third-order valence-electron chi connectivity index (χ3n) is 4.05. The summed E-state index contributed by atoms with van der Waals surface area (Å²) in [5.41, 5.74) is 2.23. The topological polar surface area (TPSA) is 47.6 Å². The Bertz CT molecular complexity index is 860. The number of carbonyl (C=O) groups excluding carboxylic acids is 1. The van der Waals surface area contributed by atoms with Crippen molar-refractivity contribution in [3.63, 3.8) is 0 Å². The molecule has 0 spiro atoms. The average Bonchev–Trinajstić information content (AvgIpc) is 3.21. The number of para-hydroxylation sites is 2. The van der Waals surface area contributed by atoms with Gasteiger partial charge in [0.25, 0.3) is 5.91 Å². The summed E-state index contributed by atoms with van der Waals surface area (Å²) in [4.78, 5) is 13.6. The second-order valence-corrected chi connectivity index (χ2v) is 7.07. The summed E-state index contributed by atoms with van der Waals surface area (Å²) in [5.74, 6) is 1.03. The van der Waals surface area contributed by atoms with E-state index in [1.54, 1.807) is 17.4 Å². The molecule has 0 radical (unpaired) electrons. The van der Waals surface area contributed by atoms with Gasteiger partial charge in [-0.05, 0) is 43.0 Å². The van der Waals surface area contributed by atoms with Crippen LogP contribution >= 0.6 is 11.3 Å². The number of nitrogens with one attached hydrogen (secondary N) is 1. The molecule has 4 nitrogen and oxygen atoms in total. The third kappa shape index (κ3) is 5.11. The Hall–Kier alpha value is -2.79. The number of ether oxygens (including phenoxy) is 2. The Balaban J connectivity index is 1.69. The van der Waals surface area contributed by atoms with Crippen LogP contribution in [0.1, 0.15) is 29.0 Å². The molecule has 3 rings (SSSR count). The molecule has 1 N–H and O–H groups in total. The lowest BCUT2D eigenvalue weighted by Gasteiger charge is -2.19. The minimum absolute atomic E-state index is 0.0716. The lowest BCUT2D eigenvalue weighted by Crippen LogP contribution is -2.33. The van der Waals surface area contributed by atoms with Crippen molar-refractivity contribution in [2.24, 2.45) is 0 Å². The Kier molecular flexibility index (Phi) is 6.49. The number of hydrogen-bond donors (Lipinski definition) is 1. The molecule has 0 unspecified atom stereocenters. The molecule has 5 heteroatoms. The first-order valence-corrected chi connectivity index (χ1v) is 9.79. The van der Waals surface area contributed by atoms with Gasteiger partial charge in [-0.1, -0.05) is 48.0 Å². The van der Waals surface area contributed by atoms with Crippen molar-refractivity contribution in [3.8, 4) is 11.5 Å². The van der Waals surface area contributed by atoms with Crippen molar-refractivity contribution >= 4 is 17.2 Å². The maximum absolute atomic E-state index is 12.6. The van der Waals surface area contributed by atoms with Gasteiger partial charge >= 0.3 is 0 Å². The van der Waals surface area contributed by atoms with Crippen molar-refractivity contribution in [2.45, 2.75) is 19.9 Å². The molecule has 27 heavy (non-hydrogen) atoms. The largest absolute Gasteiger partial charge is 0.490 e. The van der Waals surface area contributed by atoms with E-state index in [-0.39, 0.29) is 18.6 Å². The summed E-state index contributed by atoms with van der Waals surface area (Å²) in [7, 11) is 0. The van der Waals surface area contributed by atoms with Gasteiger partial charge in [-0.25, -0.2) is 0 Å². The van der Waals surface area contributed by atoms with Crippen LogP contribution in [0.15, 0.2) is 66.0 Å². The molecular formula is C22H23NO3S. The lowest BCUT2D eigenvalue weighted by atomic mass is 10.0. The van der Waals surface area contributed by atoms with Gasteiger partial charge in [0.1, 0.15) is 0 Å². The quantitative estimate of drug-likeness (QED) is 0.613. The number of thiophene rings is 1. The van der Waals surface area contributed by atoms with Gasteiger partial charge < -0.3 is 14.8 Å². The zero-order valence-electron chi connectivity index (χ0n) is 15.5. The maximum atomic E-state index is 12.6. The number of aryl methyl sites for hydroxylation is 1. The highest BCUT2D eigenvalue weighted by Gasteiger charge is 2.18. The smallest absolute Gasteiger partial charge is 0.258 e. The fourth-order valence-corrected chi connectivity index (χ4v) is 3.53. The molecule has 3 aromatic rings. The van der Waals surface area contributed by atoms with E-state index in [0.717, 1.165) is 10.4 Å². The van der Waals surface area contributed by atoms with Crippen LogP contribution in [0.5, 0.6) is 11.5 Å². The molecule has 0 fully saturated rings. The average molecular weight is 381 g/mol. The van der Waals surface area contributed by atoms with Gasteiger partial charge in [-0.2, -0.15) is 0 Å². The van der Waals surface area contributed by atoms with E-state index < -0.39 is 0 Å². The van der Waals surface area contributed by atoms with Gasteiger partial charge in [0.05, 0.1) is 12.6 Å². The maximum Gasteiger partial charge on any atom is 0.258 e. The van der Waals surface area contributed by atoms with Crippen molar-refractivity contribution in [1.29, 1.82) is 0 Å². The lowest BCUT2D eigenvalue weighted by molar-refractivity contribution is -0.123. The van der Waals surface area contributed by atoms with E-state index in [9.17, 15) is 4.79 Å². The normalized spacial score (nSPS) is 11.6. The first-order valence-electron chi connectivity index (χ1n) is 8.91. The summed E-state index contributed by atoms with van der Waals surface area (Å²) in [6.45, 7) is 4.43. The summed E-state index contributed by atoms with van der Waals surface area (Å²) in [6.07, 6.45) is 0. The zero-order chi connectivity index (χ0) is 19.1. The van der Waals surface area contributed by atoms with Crippen LogP contribution in [-0.2, 0) is 4.79 Å². The fourth-order valence-electron chi connectivity index (χ4n) is 2.72. The number of benzene rings is 2. The van der Waals surface area contributed by atoms with E-state index in [0.29, 0.717) is 18.1 Å². The first kappa shape index (κ1) is 19.0. The molecule has 0 aliphatic carbocycles. The van der Waals surface area contributed by atoms with Crippen LogP contribution in [0.2, 0.25) is 0 Å². The summed E-state index contributed by atoms with van der Waals surface area (Å²) in [5, 5.41) is 5.09. The molecule has 0 saturated carbocycles. The van der Waals surface area contributed by atoms with Crippen LogP contribution < -0.4 is 14.8 Å². The van der Waals surface area contributed by atoms with Crippen LogP contribution in [0, 0.1) is 6.92 Å². The van der Waals surface area contributed by atoms with Gasteiger partial charge in [0.2, 0.25) is 0 Å². The Morgan fingerprint density at radius 1 is 1.00 bits per heavy atom. The van der Waals surface area contributed by atoms with Crippen LogP contribution in [0.25, 0.3) is 0 Å². The molecule has 1 heterocycles. The SMILES string of the molecule is CCOc1ccccc1OCC(=O)N[C@@H](c1ccc(C)cc1)c1cccs1. The standard InChI is InChI=1S/C22H23NO3S/c1-3-25-18-7-4-5-8-19(18)26-15-21(24)23-22(20-9-6-14-27-20)17-12-10-16(2)11-13-17/h4-14,22H,3,15H2,1-2H3,(H,23,24)/t22-/m0/s1. The molecule has 0 bridgehead atoms. The fraction of sp³-hybridized carbons (Fsp3) is 0.227. The molecule has 140 valence electrons. The predicted octanol–water partition coefficient (Wildman–Crippen LogP) is 4.74. The number of amides is 1. The minimum Gasteiger partial charge on any atom is -0.490 e. The van der Waals surface area contributed by atoms with Crippen LogP contribution in [0.3, 0.4) is 0 Å². The molecule has 0 aliphatic rings. The molecule has 0 saturated heterocycles. The van der Waals surface area contributed by atoms with Crippen molar-refractivity contribution in [2.75, 3.05) is 13.2 Å². The minimum atomic E-state index is -0.191.